The Morgan fingerprint density at radius 2 is 2.21 bits per heavy atom. The van der Waals surface area contributed by atoms with Gasteiger partial charge in [-0.2, -0.15) is 5.10 Å². The minimum atomic E-state index is 0.0395. The van der Waals surface area contributed by atoms with Gasteiger partial charge in [0.15, 0.2) is 0 Å². The molecule has 1 fully saturated rings. The van der Waals surface area contributed by atoms with Crippen LogP contribution in [0.3, 0.4) is 0 Å². The van der Waals surface area contributed by atoms with E-state index < -0.39 is 0 Å². The molecule has 1 aliphatic carbocycles. The fourth-order valence-electron chi connectivity index (χ4n) is 2.59. The summed E-state index contributed by atoms with van der Waals surface area (Å²) in [6.07, 6.45) is 8.59. The smallest absolute Gasteiger partial charge is 0.238 e. The lowest BCUT2D eigenvalue weighted by atomic mass is 10.2. The molecular weight excluding hydrogens is 240 g/mol. The third kappa shape index (κ3) is 3.80. The molecule has 0 aromatic carbocycles. The van der Waals surface area contributed by atoms with Gasteiger partial charge in [-0.3, -0.25) is 14.4 Å². The van der Waals surface area contributed by atoms with Gasteiger partial charge in [0.05, 0.1) is 18.4 Å². The largest absolute Gasteiger partial charge is 0.322 e. The van der Waals surface area contributed by atoms with Crippen LogP contribution in [0.1, 0.15) is 45.6 Å². The molecule has 19 heavy (non-hydrogen) atoms. The van der Waals surface area contributed by atoms with Crippen LogP contribution in [0.25, 0.3) is 0 Å². The maximum atomic E-state index is 12.0. The van der Waals surface area contributed by atoms with E-state index in [-0.39, 0.29) is 5.91 Å². The van der Waals surface area contributed by atoms with Gasteiger partial charge in [-0.05, 0) is 33.7 Å². The number of hydrogen-bond acceptors (Lipinski definition) is 3. The highest BCUT2D eigenvalue weighted by molar-refractivity contribution is 5.91. The maximum Gasteiger partial charge on any atom is 0.238 e. The molecule has 0 aliphatic heterocycles. The van der Waals surface area contributed by atoms with Crippen molar-refractivity contribution in [2.75, 3.05) is 18.9 Å². The fraction of sp³-hybridized carbons (Fsp3) is 0.714. The molecule has 0 unspecified atom stereocenters. The number of carbonyl (C=O) groups excluding carboxylic acids is 1. The summed E-state index contributed by atoms with van der Waals surface area (Å²) in [6.45, 7) is 4.58. The molecule has 1 aromatic heterocycles. The average Bonchev–Trinajstić information content (AvgIpc) is 2.98. The van der Waals surface area contributed by atoms with E-state index >= 15 is 0 Å². The Hall–Kier alpha value is -1.36. The van der Waals surface area contributed by atoms with E-state index in [2.05, 4.69) is 29.2 Å². The predicted octanol–water partition coefficient (Wildman–Crippen LogP) is 2.28. The number of hydrogen-bond donors (Lipinski definition) is 1. The van der Waals surface area contributed by atoms with E-state index in [1.54, 1.807) is 6.20 Å². The van der Waals surface area contributed by atoms with E-state index in [4.69, 9.17) is 0 Å². The second-order valence-electron chi connectivity index (χ2n) is 5.70. The summed E-state index contributed by atoms with van der Waals surface area (Å²) >= 11 is 0. The van der Waals surface area contributed by atoms with Gasteiger partial charge in [-0.15, -0.1) is 0 Å². The van der Waals surface area contributed by atoms with Crippen molar-refractivity contribution in [3.05, 3.63) is 12.4 Å². The number of aromatic nitrogens is 2. The molecular formula is C14H24N4O. The summed E-state index contributed by atoms with van der Waals surface area (Å²) in [5.41, 5.74) is 0.776. The van der Waals surface area contributed by atoms with Crippen LogP contribution in [-0.4, -0.2) is 40.2 Å². The molecule has 1 saturated carbocycles. The molecule has 0 spiro atoms. The van der Waals surface area contributed by atoms with Crippen LogP contribution in [0.4, 0.5) is 5.69 Å². The second-order valence-corrected chi connectivity index (χ2v) is 5.70. The third-order valence-corrected chi connectivity index (χ3v) is 3.76. The van der Waals surface area contributed by atoms with Crippen molar-refractivity contribution in [2.45, 2.75) is 51.6 Å². The van der Waals surface area contributed by atoms with Crippen molar-refractivity contribution in [1.29, 1.82) is 0 Å². The highest BCUT2D eigenvalue weighted by Gasteiger charge is 2.21. The number of carbonyl (C=O) groups is 1. The molecule has 1 aromatic rings. The highest BCUT2D eigenvalue weighted by atomic mass is 16.2. The Kier molecular flexibility index (Phi) is 4.58. The first-order valence-electron chi connectivity index (χ1n) is 7.10. The van der Waals surface area contributed by atoms with Gasteiger partial charge in [0.2, 0.25) is 5.91 Å². The molecule has 5 nitrogen and oxygen atoms in total. The number of likely N-dealkylation sites (N-methyl/N-ethyl adjacent to an activating group) is 1. The molecule has 0 atom stereocenters. The van der Waals surface area contributed by atoms with Gasteiger partial charge >= 0.3 is 0 Å². The third-order valence-electron chi connectivity index (χ3n) is 3.76. The van der Waals surface area contributed by atoms with E-state index in [0.717, 1.165) is 5.69 Å². The van der Waals surface area contributed by atoms with Crippen molar-refractivity contribution in [3.63, 3.8) is 0 Å². The molecule has 0 saturated heterocycles. The molecule has 0 bridgehead atoms. The molecule has 1 aliphatic rings. The van der Waals surface area contributed by atoms with Crippen molar-refractivity contribution in [1.82, 2.24) is 14.7 Å². The van der Waals surface area contributed by atoms with Crippen LogP contribution in [0.2, 0.25) is 0 Å². The molecule has 2 rings (SSSR count). The Bertz CT molecular complexity index is 421. The van der Waals surface area contributed by atoms with Gasteiger partial charge in [0, 0.05) is 18.3 Å². The van der Waals surface area contributed by atoms with Crippen LogP contribution in [0.5, 0.6) is 0 Å². The number of amides is 1. The summed E-state index contributed by atoms with van der Waals surface area (Å²) in [5, 5.41) is 7.12. The summed E-state index contributed by atoms with van der Waals surface area (Å²) in [5.74, 6) is 0.0395. The van der Waals surface area contributed by atoms with Crippen molar-refractivity contribution in [3.8, 4) is 0 Å². The van der Waals surface area contributed by atoms with Crippen molar-refractivity contribution < 1.29 is 4.79 Å². The quantitative estimate of drug-likeness (QED) is 0.887. The number of anilines is 1. The van der Waals surface area contributed by atoms with Gasteiger partial charge in [-0.1, -0.05) is 12.8 Å². The lowest BCUT2D eigenvalue weighted by molar-refractivity contribution is -0.117. The van der Waals surface area contributed by atoms with E-state index in [1.165, 1.54) is 25.7 Å². The van der Waals surface area contributed by atoms with Crippen LogP contribution in [0.15, 0.2) is 12.4 Å². The zero-order valence-corrected chi connectivity index (χ0v) is 12.1. The Balaban J connectivity index is 1.82. The van der Waals surface area contributed by atoms with Crippen LogP contribution in [0, 0.1) is 0 Å². The SMILES string of the molecule is CC(C)n1cc(NC(=O)CN(C)C2CCCC2)cn1. The zero-order valence-electron chi connectivity index (χ0n) is 12.1. The normalized spacial score (nSPS) is 16.5. The van der Waals surface area contributed by atoms with E-state index in [1.807, 2.05) is 17.9 Å². The molecule has 1 heterocycles. The lowest BCUT2D eigenvalue weighted by Crippen LogP contribution is -2.36. The summed E-state index contributed by atoms with van der Waals surface area (Å²) in [4.78, 5) is 14.1. The first-order valence-corrected chi connectivity index (χ1v) is 7.10. The summed E-state index contributed by atoms with van der Waals surface area (Å²) in [7, 11) is 2.03. The second kappa shape index (κ2) is 6.19. The standard InChI is InChI=1S/C14H24N4O/c1-11(2)18-9-12(8-15-18)16-14(19)10-17(3)13-6-4-5-7-13/h8-9,11,13H,4-7,10H2,1-3H3,(H,16,19). The Morgan fingerprint density at radius 3 is 2.79 bits per heavy atom. The van der Waals surface area contributed by atoms with Gasteiger partial charge < -0.3 is 5.32 Å². The minimum absolute atomic E-state index is 0.0395. The van der Waals surface area contributed by atoms with Gasteiger partial charge in [-0.25, -0.2) is 0 Å². The van der Waals surface area contributed by atoms with Crippen LogP contribution < -0.4 is 5.32 Å². The highest BCUT2D eigenvalue weighted by Crippen LogP contribution is 2.22. The van der Waals surface area contributed by atoms with Gasteiger partial charge in [0.25, 0.3) is 0 Å². The fourth-order valence-corrected chi connectivity index (χ4v) is 2.59. The Labute approximate surface area is 115 Å². The summed E-state index contributed by atoms with van der Waals surface area (Å²) < 4.78 is 1.84. The predicted molar refractivity (Wildman–Crippen MR) is 76.1 cm³/mol. The van der Waals surface area contributed by atoms with Crippen LogP contribution >= 0.6 is 0 Å². The van der Waals surface area contributed by atoms with Crippen molar-refractivity contribution in [2.24, 2.45) is 0 Å². The molecule has 106 valence electrons. The monoisotopic (exact) mass is 264 g/mol. The molecule has 1 amide bonds. The maximum absolute atomic E-state index is 12.0. The first kappa shape index (κ1) is 14.1. The molecule has 5 heteroatoms. The molecule has 1 N–H and O–H groups in total. The molecule has 0 radical (unpaired) electrons. The Morgan fingerprint density at radius 1 is 1.53 bits per heavy atom. The lowest BCUT2D eigenvalue weighted by Gasteiger charge is -2.22. The van der Waals surface area contributed by atoms with E-state index in [9.17, 15) is 4.79 Å². The number of rotatable bonds is 5. The van der Waals surface area contributed by atoms with Crippen LogP contribution in [-0.2, 0) is 4.79 Å². The van der Waals surface area contributed by atoms with Crippen molar-refractivity contribution >= 4 is 11.6 Å². The first-order chi connectivity index (χ1) is 9.06. The number of nitrogens with one attached hydrogen (secondary N) is 1. The summed E-state index contributed by atoms with van der Waals surface area (Å²) in [6, 6.07) is 0.885. The average molecular weight is 264 g/mol. The van der Waals surface area contributed by atoms with Gasteiger partial charge in [0.1, 0.15) is 0 Å². The number of nitrogens with zero attached hydrogens (tertiary/aromatic N) is 3. The minimum Gasteiger partial charge on any atom is -0.322 e. The van der Waals surface area contributed by atoms with E-state index in [0.29, 0.717) is 18.6 Å². The topological polar surface area (TPSA) is 50.2 Å². The zero-order chi connectivity index (χ0) is 13.8.